The zero-order chi connectivity index (χ0) is 28.9. The predicted molar refractivity (Wildman–Crippen MR) is 148 cm³/mol. The number of fused-ring (bicyclic) bond motifs is 2. The minimum Gasteiger partial charge on any atom is -1.00 e. The summed E-state index contributed by atoms with van der Waals surface area (Å²) in [6, 6.07) is 16.3. The van der Waals surface area contributed by atoms with Crippen LogP contribution in [0.25, 0.3) is 21.8 Å². The van der Waals surface area contributed by atoms with Gasteiger partial charge in [0.15, 0.2) is 0 Å². The number of halogens is 1. The van der Waals surface area contributed by atoms with E-state index in [1.54, 1.807) is 0 Å². The van der Waals surface area contributed by atoms with E-state index in [1.165, 1.54) is 0 Å². The summed E-state index contributed by atoms with van der Waals surface area (Å²) in [5.74, 6) is 0.615. The van der Waals surface area contributed by atoms with Gasteiger partial charge in [0.25, 0.3) is 0 Å². The first-order valence-corrected chi connectivity index (χ1v) is 11.6. The Hall–Kier alpha value is -3.36. The van der Waals surface area contributed by atoms with Crippen molar-refractivity contribution in [2.24, 2.45) is 11.5 Å². The van der Waals surface area contributed by atoms with Crippen molar-refractivity contribution in [2.75, 3.05) is 44.6 Å². The molecule has 0 fully saturated rings. The van der Waals surface area contributed by atoms with Gasteiger partial charge in [-0.25, -0.2) is 4.98 Å². The van der Waals surface area contributed by atoms with Crippen molar-refractivity contribution >= 4 is 33.3 Å². The Bertz CT molecular complexity index is 1070. The molecule has 1 aromatic heterocycles. The molecule has 0 aliphatic heterocycles. The maximum Gasteiger partial charge on any atom is 2.00 e. The molecule has 3 rings (SSSR count). The van der Waals surface area contributed by atoms with E-state index in [9.17, 15) is 0 Å². The molecule has 0 unspecified atom stereocenters. The Morgan fingerprint density at radius 1 is 0.950 bits per heavy atom. The Labute approximate surface area is 251 Å². The fraction of sp³-hybridized carbons (Fsp3) is 0.391. The van der Waals surface area contributed by atoms with Gasteiger partial charge in [-0.3, -0.25) is 5.41 Å². The summed E-state index contributed by atoms with van der Waals surface area (Å²) in [5.41, 5.74) is 12.9. The molecule has 0 aliphatic carbocycles. The first-order valence-electron chi connectivity index (χ1n) is 11.6. The molecule has 0 aliphatic rings. The smallest absolute Gasteiger partial charge is 1.00 e. The molecule has 40 heavy (non-hydrogen) atoms. The summed E-state index contributed by atoms with van der Waals surface area (Å²) in [4.78, 5) is 23.3. The molecule has 3 aromatic rings. The topological polar surface area (TPSA) is 257 Å². The molecule has 0 atom stereocenters. The average Bonchev–Trinajstić information content (AvgIpc) is 2.89. The van der Waals surface area contributed by atoms with Crippen LogP contribution in [0, 0.1) is 36.1 Å². The monoisotopic (exact) mass is 764 g/mol. The number of pyridine rings is 1. The van der Waals surface area contributed by atoms with Crippen LogP contribution >= 0.6 is 0 Å². The number of aromatic nitrogens is 1. The van der Waals surface area contributed by atoms with Gasteiger partial charge >= 0.3 is 21.1 Å². The molecule has 17 heteroatoms. The summed E-state index contributed by atoms with van der Waals surface area (Å²) < 4.78 is 0. The van der Waals surface area contributed by atoms with Crippen LogP contribution in [0.15, 0.2) is 48.5 Å². The van der Waals surface area contributed by atoms with Gasteiger partial charge in [0.05, 0.1) is 32.7 Å². The molecule has 0 saturated carbocycles. The van der Waals surface area contributed by atoms with Crippen LogP contribution in [-0.4, -0.2) is 70.3 Å². The number of nitrogens with one attached hydrogen (secondary N) is 2. The molecule has 15 nitrogen and oxygen atoms in total. The van der Waals surface area contributed by atoms with Crippen LogP contribution < -0.4 is 29.2 Å². The van der Waals surface area contributed by atoms with Crippen LogP contribution in [0.1, 0.15) is 19.8 Å². The van der Waals surface area contributed by atoms with Crippen molar-refractivity contribution < 1.29 is 48.8 Å². The van der Waals surface area contributed by atoms with E-state index in [-0.39, 0.29) is 40.1 Å². The minimum absolute atomic E-state index is 0. The molecule has 0 saturated heterocycles. The quantitative estimate of drug-likeness (QED) is 0.0596. The van der Waals surface area contributed by atoms with Gasteiger partial charge in [0.2, 0.25) is 0 Å². The summed E-state index contributed by atoms with van der Waals surface area (Å²) >= 11 is 0. The molecular formula is C23H34ClN8O7Pt-. The molecule has 0 radical (unpaired) electrons. The molecule has 226 valence electrons. The molecule has 0 amide bonds. The van der Waals surface area contributed by atoms with Crippen LogP contribution in [0.5, 0.6) is 0 Å². The van der Waals surface area contributed by atoms with Gasteiger partial charge in [-0.2, -0.15) is 0 Å². The Kier molecular flexibility index (Phi) is 25.4. The third-order valence-electron chi connectivity index (χ3n) is 4.74. The van der Waals surface area contributed by atoms with Crippen LogP contribution in [-0.2, 0) is 21.1 Å². The maximum absolute atomic E-state index is 9.09. The summed E-state index contributed by atoms with van der Waals surface area (Å²) in [6.07, 6.45) is 1.38. The minimum atomic E-state index is -1.75. The number of nitrogens with zero attached hydrogens (tertiary/aromatic N) is 4. The van der Waals surface area contributed by atoms with E-state index in [2.05, 4.69) is 17.4 Å². The molecule has 1 heterocycles. The summed E-state index contributed by atoms with van der Waals surface area (Å²) in [7, 11) is 0. The van der Waals surface area contributed by atoms with Crippen molar-refractivity contribution in [1.82, 2.24) is 9.88 Å². The number of benzene rings is 2. The summed E-state index contributed by atoms with van der Waals surface area (Å²) in [6.45, 7) is 5.51. The van der Waals surface area contributed by atoms with E-state index in [1.807, 2.05) is 48.2 Å². The SMILES string of the molecule is CCC(=N)N(CCCO)CCNc1c2ccccc2nc2ccccc12.NCCN.O=[N+]([O-])[O-].O=[N+]([O-])[O-].[Cl-].[Pt+2]. The Balaban J connectivity index is -0.000000832. The standard InChI is InChI=1S/C21H26N4O.C2H8N2.ClH.2NO3.Pt/c1-2-20(22)25(13-7-15-26)14-12-23-21-16-8-3-5-10-18(16)24-19-11-6-4-9-17(19)21;3-1-2-4;;2*2-1(3)4;/h3-6,8-11,22,26H,2,7,12-15H2,1H3,(H,23,24);1-4H2;1H;;;/q;;;2*-1;+2/p-1. The Morgan fingerprint density at radius 2 is 1.38 bits per heavy atom. The van der Waals surface area contributed by atoms with Gasteiger partial charge in [0.1, 0.15) is 0 Å². The van der Waals surface area contributed by atoms with E-state index in [4.69, 9.17) is 57.6 Å². The molecule has 0 bridgehead atoms. The molecule has 2 aromatic carbocycles. The van der Waals surface area contributed by atoms with Gasteiger partial charge in [-0.1, -0.05) is 43.3 Å². The number of amidine groups is 1. The first-order chi connectivity index (χ1) is 18.1. The second-order valence-corrected chi connectivity index (χ2v) is 7.34. The van der Waals surface area contributed by atoms with E-state index in [0.717, 1.165) is 40.6 Å². The van der Waals surface area contributed by atoms with E-state index >= 15 is 0 Å². The van der Waals surface area contributed by atoms with Crippen LogP contribution in [0.3, 0.4) is 0 Å². The van der Waals surface area contributed by atoms with E-state index in [0.29, 0.717) is 38.3 Å². The third kappa shape index (κ3) is 17.3. The number of para-hydroxylation sites is 2. The van der Waals surface area contributed by atoms with Crippen molar-refractivity contribution in [1.29, 1.82) is 5.41 Å². The van der Waals surface area contributed by atoms with Crippen molar-refractivity contribution in [3.63, 3.8) is 0 Å². The fourth-order valence-electron chi connectivity index (χ4n) is 3.21. The van der Waals surface area contributed by atoms with Gasteiger partial charge in [0, 0.05) is 56.5 Å². The number of aliphatic hydroxyl groups is 1. The van der Waals surface area contributed by atoms with Crippen molar-refractivity contribution in [2.45, 2.75) is 19.8 Å². The zero-order valence-corrected chi connectivity index (χ0v) is 24.8. The van der Waals surface area contributed by atoms with Gasteiger partial charge in [-0.15, -0.1) is 0 Å². The Morgan fingerprint density at radius 3 is 1.75 bits per heavy atom. The third-order valence-corrected chi connectivity index (χ3v) is 4.74. The number of anilines is 1. The number of hydrogen-bond acceptors (Lipinski definition) is 12. The molecule has 0 spiro atoms. The molecule has 7 N–H and O–H groups in total. The average molecular weight is 765 g/mol. The predicted octanol–water partition coefficient (Wildman–Crippen LogP) is -0.701. The number of nitrogens with two attached hydrogens (primary N) is 2. The maximum atomic E-state index is 9.09. The van der Waals surface area contributed by atoms with Crippen LogP contribution in [0.4, 0.5) is 5.69 Å². The number of aliphatic hydroxyl groups excluding tert-OH is 1. The number of hydrogen-bond donors (Lipinski definition) is 5. The van der Waals surface area contributed by atoms with Crippen molar-refractivity contribution in [3.8, 4) is 0 Å². The number of rotatable bonds is 9. The van der Waals surface area contributed by atoms with Gasteiger partial charge in [-0.05, 0) is 18.6 Å². The summed E-state index contributed by atoms with van der Waals surface area (Å²) in [5, 5.41) is 52.5. The zero-order valence-electron chi connectivity index (χ0n) is 21.8. The van der Waals surface area contributed by atoms with Crippen molar-refractivity contribution in [3.05, 3.63) is 79.2 Å². The normalized spacial score (nSPS) is 9.10. The van der Waals surface area contributed by atoms with Gasteiger partial charge < -0.3 is 69.8 Å². The second-order valence-electron chi connectivity index (χ2n) is 7.34. The van der Waals surface area contributed by atoms with Crippen LogP contribution in [0.2, 0.25) is 0 Å². The largest absolute Gasteiger partial charge is 2.00 e. The second kappa shape index (κ2) is 24.7. The van der Waals surface area contributed by atoms with E-state index < -0.39 is 10.2 Å². The molecular weight excluding hydrogens is 731 g/mol. The first kappa shape index (κ1) is 41.1. The fourth-order valence-corrected chi connectivity index (χ4v) is 3.21.